The highest BCUT2D eigenvalue weighted by Gasteiger charge is 2.47. The van der Waals surface area contributed by atoms with Crippen molar-refractivity contribution in [2.75, 3.05) is 19.6 Å². The Balaban J connectivity index is 1.41. The normalized spacial score (nSPS) is 30.0. The van der Waals surface area contributed by atoms with Gasteiger partial charge in [-0.15, -0.1) is 0 Å². The Labute approximate surface area is 164 Å². The first-order valence-corrected chi connectivity index (χ1v) is 10.2. The smallest absolute Gasteiger partial charge is 0.224 e. The predicted molar refractivity (Wildman–Crippen MR) is 103 cm³/mol. The molecule has 4 atom stereocenters. The van der Waals surface area contributed by atoms with E-state index in [2.05, 4.69) is 15.5 Å². The molecule has 1 aromatic rings. The number of carbonyl (C=O) groups excluding carboxylic acids is 2. The van der Waals surface area contributed by atoms with Gasteiger partial charge in [0.05, 0.1) is 17.5 Å². The molecule has 3 aliphatic heterocycles. The summed E-state index contributed by atoms with van der Waals surface area (Å²) in [6, 6.07) is 5.18. The summed E-state index contributed by atoms with van der Waals surface area (Å²) in [6.07, 6.45) is 4.01. The lowest BCUT2D eigenvalue weighted by molar-refractivity contribution is -0.149. The van der Waals surface area contributed by atoms with Crippen molar-refractivity contribution in [1.82, 2.24) is 15.5 Å². The van der Waals surface area contributed by atoms with Gasteiger partial charge in [-0.2, -0.15) is 0 Å². The summed E-state index contributed by atoms with van der Waals surface area (Å²) in [6.45, 7) is 2.39. The number of benzene rings is 1. The molecule has 3 aliphatic rings. The molecule has 3 fully saturated rings. The van der Waals surface area contributed by atoms with Crippen molar-refractivity contribution in [2.24, 2.45) is 11.8 Å². The SMILES string of the molecule is O=C(Cc1ccc(O)c(Cl)c1)NC[C@H]1[C@@H]2CNC[C@@H](C2)[C@@H]2CCCC(=O)N21. The number of phenols is 1. The van der Waals surface area contributed by atoms with Gasteiger partial charge in [0.25, 0.3) is 0 Å². The summed E-state index contributed by atoms with van der Waals surface area (Å²) in [5, 5.41) is 16.3. The van der Waals surface area contributed by atoms with Crippen molar-refractivity contribution >= 4 is 23.4 Å². The van der Waals surface area contributed by atoms with Crippen LogP contribution in [0.15, 0.2) is 18.2 Å². The molecule has 146 valence electrons. The molecule has 0 aliphatic carbocycles. The van der Waals surface area contributed by atoms with Gasteiger partial charge in [-0.3, -0.25) is 9.59 Å². The average Bonchev–Trinajstić information content (AvgIpc) is 2.65. The zero-order chi connectivity index (χ0) is 19.0. The van der Waals surface area contributed by atoms with E-state index in [4.69, 9.17) is 11.6 Å². The number of halogens is 1. The van der Waals surface area contributed by atoms with Crippen molar-refractivity contribution in [2.45, 2.75) is 44.2 Å². The van der Waals surface area contributed by atoms with Crippen molar-refractivity contribution in [1.29, 1.82) is 0 Å². The maximum atomic E-state index is 12.6. The number of hydrogen-bond donors (Lipinski definition) is 3. The third kappa shape index (κ3) is 3.78. The van der Waals surface area contributed by atoms with Gasteiger partial charge in [0.2, 0.25) is 11.8 Å². The monoisotopic (exact) mass is 391 g/mol. The predicted octanol–water partition coefficient (Wildman–Crippen LogP) is 1.69. The molecule has 7 heteroatoms. The summed E-state index contributed by atoms with van der Waals surface area (Å²) in [5.74, 6) is 1.10. The molecular weight excluding hydrogens is 366 g/mol. The van der Waals surface area contributed by atoms with Gasteiger partial charge in [0.1, 0.15) is 5.75 Å². The minimum absolute atomic E-state index is 0.0111. The van der Waals surface area contributed by atoms with E-state index in [1.165, 1.54) is 6.07 Å². The summed E-state index contributed by atoms with van der Waals surface area (Å²) in [5.41, 5.74) is 0.755. The topological polar surface area (TPSA) is 81.7 Å². The number of aromatic hydroxyl groups is 1. The molecule has 0 spiro atoms. The van der Waals surface area contributed by atoms with Crippen molar-refractivity contribution in [3.8, 4) is 5.75 Å². The Bertz CT molecular complexity index is 741. The summed E-state index contributed by atoms with van der Waals surface area (Å²) < 4.78 is 0. The zero-order valence-corrected chi connectivity index (χ0v) is 16.0. The summed E-state index contributed by atoms with van der Waals surface area (Å²) in [7, 11) is 0. The Kier molecular flexibility index (Phi) is 5.28. The van der Waals surface area contributed by atoms with Gasteiger partial charge in [-0.05, 0) is 55.3 Å². The van der Waals surface area contributed by atoms with Crippen LogP contribution < -0.4 is 10.6 Å². The van der Waals surface area contributed by atoms with Gasteiger partial charge >= 0.3 is 0 Å². The first-order valence-electron chi connectivity index (χ1n) is 9.79. The van der Waals surface area contributed by atoms with E-state index in [0.717, 1.165) is 37.9 Å². The second kappa shape index (κ2) is 7.68. The number of nitrogens with zero attached hydrogens (tertiary/aromatic N) is 1. The van der Waals surface area contributed by atoms with Crippen LogP contribution in [0.4, 0.5) is 0 Å². The number of rotatable bonds is 4. The van der Waals surface area contributed by atoms with Crippen LogP contribution >= 0.6 is 11.6 Å². The van der Waals surface area contributed by atoms with Gasteiger partial charge in [-0.1, -0.05) is 17.7 Å². The van der Waals surface area contributed by atoms with Crippen LogP contribution in [0.3, 0.4) is 0 Å². The highest BCUT2D eigenvalue weighted by molar-refractivity contribution is 6.32. The number of piperidine rings is 3. The number of hydrogen-bond acceptors (Lipinski definition) is 4. The van der Waals surface area contributed by atoms with E-state index in [1.807, 2.05) is 0 Å². The van der Waals surface area contributed by atoms with Crippen LogP contribution in [-0.4, -0.2) is 53.5 Å². The molecule has 0 unspecified atom stereocenters. The van der Waals surface area contributed by atoms with E-state index in [-0.39, 0.29) is 35.0 Å². The highest BCUT2D eigenvalue weighted by atomic mass is 35.5. The summed E-state index contributed by atoms with van der Waals surface area (Å²) in [4.78, 5) is 27.2. The van der Waals surface area contributed by atoms with Crippen LogP contribution in [0.2, 0.25) is 5.02 Å². The van der Waals surface area contributed by atoms with E-state index < -0.39 is 0 Å². The molecule has 3 heterocycles. The largest absolute Gasteiger partial charge is 0.506 e. The maximum absolute atomic E-state index is 12.6. The third-order valence-corrected chi connectivity index (χ3v) is 6.59. The van der Waals surface area contributed by atoms with Crippen molar-refractivity contribution < 1.29 is 14.7 Å². The quantitative estimate of drug-likeness (QED) is 0.729. The van der Waals surface area contributed by atoms with Crippen molar-refractivity contribution in [3.05, 3.63) is 28.8 Å². The summed E-state index contributed by atoms with van der Waals surface area (Å²) >= 11 is 5.91. The standard InChI is InChI=1S/C20H26ClN3O3/c21-15-6-12(4-5-18(15)25)7-19(26)23-11-17-14-8-13(9-22-10-14)16-2-1-3-20(27)24(16)17/h4-6,13-14,16-17,22,25H,1-3,7-11H2,(H,23,26)/t13-,14+,16+,17+/m1/s1. The average molecular weight is 392 g/mol. The second-order valence-corrected chi connectivity index (χ2v) is 8.42. The highest BCUT2D eigenvalue weighted by Crippen LogP contribution is 2.39. The Morgan fingerprint density at radius 3 is 2.96 bits per heavy atom. The molecule has 2 amide bonds. The minimum Gasteiger partial charge on any atom is -0.506 e. The molecule has 2 bridgehead atoms. The van der Waals surface area contributed by atoms with Crippen LogP contribution in [0.1, 0.15) is 31.2 Å². The molecular formula is C20H26ClN3O3. The van der Waals surface area contributed by atoms with Gasteiger partial charge < -0.3 is 20.6 Å². The van der Waals surface area contributed by atoms with Crippen LogP contribution in [0, 0.1) is 11.8 Å². The molecule has 0 aromatic heterocycles. The fourth-order valence-electron chi connectivity index (χ4n) is 5.02. The molecule has 4 rings (SSSR count). The lowest BCUT2D eigenvalue weighted by atomic mass is 9.72. The maximum Gasteiger partial charge on any atom is 0.224 e. The van der Waals surface area contributed by atoms with Gasteiger partial charge in [-0.25, -0.2) is 0 Å². The van der Waals surface area contributed by atoms with E-state index >= 15 is 0 Å². The lowest BCUT2D eigenvalue weighted by Gasteiger charge is -2.54. The van der Waals surface area contributed by atoms with Crippen molar-refractivity contribution in [3.63, 3.8) is 0 Å². The Morgan fingerprint density at radius 1 is 1.33 bits per heavy atom. The van der Waals surface area contributed by atoms with Crippen LogP contribution in [-0.2, 0) is 16.0 Å². The first-order chi connectivity index (χ1) is 13.0. The van der Waals surface area contributed by atoms with E-state index in [0.29, 0.717) is 30.8 Å². The zero-order valence-electron chi connectivity index (χ0n) is 15.3. The fourth-order valence-corrected chi connectivity index (χ4v) is 5.23. The molecule has 27 heavy (non-hydrogen) atoms. The van der Waals surface area contributed by atoms with Gasteiger partial charge in [0, 0.05) is 25.6 Å². The first kappa shape index (κ1) is 18.6. The number of carbonyl (C=O) groups is 2. The van der Waals surface area contributed by atoms with Crippen LogP contribution in [0.25, 0.3) is 0 Å². The van der Waals surface area contributed by atoms with E-state index in [9.17, 15) is 14.7 Å². The number of fused-ring (bicyclic) bond motifs is 4. The molecule has 3 saturated heterocycles. The number of nitrogens with one attached hydrogen (secondary N) is 2. The van der Waals surface area contributed by atoms with E-state index in [1.54, 1.807) is 12.1 Å². The third-order valence-electron chi connectivity index (χ3n) is 6.29. The van der Waals surface area contributed by atoms with Crippen LogP contribution in [0.5, 0.6) is 5.75 Å². The Morgan fingerprint density at radius 2 is 2.15 bits per heavy atom. The molecule has 0 saturated carbocycles. The number of amides is 2. The minimum atomic E-state index is -0.0938. The number of phenolic OH excluding ortho intramolecular Hbond substituents is 1. The lowest BCUT2D eigenvalue weighted by Crippen LogP contribution is -2.66. The molecule has 6 nitrogen and oxygen atoms in total. The molecule has 1 aromatic carbocycles. The fraction of sp³-hybridized carbons (Fsp3) is 0.600. The Hall–Kier alpha value is -1.79. The second-order valence-electron chi connectivity index (χ2n) is 8.01. The molecule has 3 N–H and O–H groups in total. The molecule has 0 radical (unpaired) electrons. The van der Waals surface area contributed by atoms with Gasteiger partial charge in [0.15, 0.2) is 0 Å².